The lowest BCUT2D eigenvalue weighted by Crippen LogP contribution is -2.43. The number of carbonyl (C=O) groups excluding carboxylic acids is 1. The fourth-order valence-corrected chi connectivity index (χ4v) is 3.91. The quantitative estimate of drug-likeness (QED) is 0.870. The molecule has 134 valence electrons. The van der Waals surface area contributed by atoms with Gasteiger partial charge in [0.05, 0.1) is 5.60 Å². The maximum atomic E-state index is 12.6. The van der Waals surface area contributed by atoms with Gasteiger partial charge >= 0.3 is 0 Å². The predicted octanol–water partition coefficient (Wildman–Crippen LogP) is 3.11. The number of amides is 1. The van der Waals surface area contributed by atoms with Gasteiger partial charge in [-0.25, -0.2) is 0 Å². The molecule has 24 heavy (non-hydrogen) atoms. The third-order valence-corrected chi connectivity index (χ3v) is 5.28. The van der Waals surface area contributed by atoms with Crippen LogP contribution in [0.5, 0.6) is 0 Å². The van der Waals surface area contributed by atoms with Crippen LogP contribution in [0.15, 0.2) is 24.3 Å². The number of hydrogen-bond donors (Lipinski definition) is 1. The van der Waals surface area contributed by atoms with Crippen LogP contribution in [0.25, 0.3) is 0 Å². The summed E-state index contributed by atoms with van der Waals surface area (Å²) in [5, 5.41) is 11.5. The molecule has 1 aromatic carbocycles. The van der Waals surface area contributed by atoms with E-state index in [1.807, 2.05) is 43.0 Å². The van der Waals surface area contributed by atoms with E-state index >= 15 is 0 Å². The molecule has 2 rings (SSSR count). The van der Waals surface area contributed by atoms with E-state index in [1.54, 1.807) is 0 Å². The standard InChI is InChI=1S/C20H32N2O2/c1-5-22(6-2)19(23)16-10-9-12-17(14-16)20(24)13-8-7-11-18(20)15-21(3)4/h9-10,12,14,18,24H,5-8,11,13,15H2,1-4H3/t18-,20+/m0/s1. The average Bonchev–Trinajstić information content (AvgIpc) is 2.58. The second-order valence-corrected chi connectivity index (χ2v) is 7.19. The number of nitrogens with zero attached hydrogens (tertiary/aromatic N) is 2. The fourth-order valence-electron chi connectivity index (χ4n) is 3.91. The Kier molecular flexibility index (Phi) is 6.41. The van der Waals surface area contributed by atoms with Crippen LogP contribution in [-0.2, 0) is 5.60 Å². The van der Waals surface area contributed by atoms with E-state index in [1.165, 1.54) is 6.42 Å². The van der Waals surface area contributed by atoms with E-state index in [0.29, 0.717) is 18.7 Å². The molecular weight excluding hydrogens is 300 g/mol. The van der Waals surface area contributed by atoms with Gasteiger partial charge in [-0.05, 0) is 58.5 Å². The van der Waals surface area contributed by atoms with Crippen LogP contribution >= 0.6 is 0 Å². The zero-order valence-electron chi connectivity index (χ0n) is 15.6. The van der Waals surface area contributed by atoms with Crippen molar-refractivity contribution in [1.82, 2.24) is 9.80 Å². The van der Waals surface area contributed by atoms with E-state index in [2.05, 4.69) is 19.0 Å². The first-order valence-electron chi connectivity index (χ1n) is 9.19. The smallest absolute Gasteiger partial charge is 0.253 e. The number of carbonyl (C=O) groups is 1. The molecule has 2 atom stereocenters. The summed E-state index contributed by atoms with van der Waals surface area (Å²) in [5.41, 5.74) is 0.744. The highest BCUT2D eigenvalue weighted by Gasteiger charge is 2.40. The Balaban J connectivity index is 2.32. The largest absolute Gasteiger partial charge is 0.385 e. The van der Waals surface area contributed by atoms with Crippen molar-refractivity contribution >= 4 is 5.91 Å². The van der Waals surface area contributed by atoms with Crippen molar-refractivity contribution in [3.05, 3.63) is 35.4 Å². The molecule has 0 aromatic heterocycles. The van der Waals surface area contributed by atoms with E-state index < -0.39 is 5.60 Å². The Morgan fingerprint density at radius 1 is 1.25 bits per heavy atom. The molecule has 1 aliphatic rings. The number of hydrogen-bond acceptors (Lipinski definition) is 3. The van der Waals surface area contributed by atoms with Gasteiger partial charge in [0.2, 0.25) is 0 Å². The Morgan fingerprint density at radius 2 is 1.96 bits per heavy atom. The van der Waals surface area contributed by atoms with Crippen molar-refractivity contribution in [1.29, 1.82) is 0 Å². The third-order valence-electron chi connectivity index (χ3n) is 5.28. The summed E-state index contributed by atoms with van der Waals surface area (Å²) in [6, 6.07) is 7.66. The minimum Gasteiger partial charge on any atom is -0.385 e. The van der Waals surface area contributed by atoms with Gasteiger partial charge in [-0.15, -0.1) is 0 Å². The maximum absolute atomic E-state index is 12.6. The van der Waals surface area contributed by atoms with Gasteiger partial charge in [-0.3, -0.25) is 4.79 Å². The third kappa shape index (κ3) is 3.98. The molecule has 0 radical (unpaired) electrons. The first-order valence-corrected chi connectivity index (χ1v) is 9.19. The molecule has 1 fully saturated rings. The summed E-state index contributed by atoms with van der Waals surface area (Å²) in [6.45, 7) is 6.25. The van der Waals surface area contributed by atoms with E-state index in [0.717, 1.165) is 31.4 Å². The zero-order valence-corrected chi connectivity index (χ0v) is 15.6. The van der Waals surface area contributed by atoms with Crippen molar-refractivity contribution in [2.75, 3.05) is 33.7 Å². The SMILES string of the molecule is CCN(CC)C(=O)c1cccc([C@]2(O)CCCC[C@H]2CN(C)C)c1. The van der Waals surface area contributed by atoms with Gasteiger partial charge in [-0.1, -0.05) is 25.0 Å². The first kappa shape index (κ1) is 18.9. The van der Waals surface area contributed by atoms with Crippen LogP contribution in [0.4, 0.5) is 0 Å². The van der Waals surface area contributed by atoms with E-state index in [-0.39, 0.29) is 11.8 Å². The molecule has 0 heterocycles. The monoisotopic (exact) mass is 332 g/mol. The Labute approximate surface area is 146 Å². The van der Waals surface area contributed by atoms with Crippen molar-refractivity contribution in [2.45, 2.75) is 45.1 Å². The second kappa shape index (κ2) is 8.13. The number of aliphatic hydroxyl groups is 1. The molecule has 1 aromatic rings. The average molecular weight is 332 g/mol. The maximum Gasteiger partial charge on any atom is 0.253 e. The van der Waals surface area contributed by atoms with Crippen LogP contribution in [0, 0.1) is 5.92 Å². The summed E-state index contributed by atoms with van der Waals surface area (Å²) < 4.78 is 0. The van der Waals surface area contributed by atoms with Gasteiger partial charge in [-0.2, -0.15) is 0 Å². The molecule has 1 amide bonds. The first-order chi connectivity index (χ1) is 11.4. The molecule has 4 nitrogen and oxygen atoms in total. The van der Waals surface area contributed by atoms with E-state index in [9.17, 15) is 9.90 Å². The van der Waals surface area contributed by atoms with Crippen LogP contribution in [0.2, 0.25) is 0 Å². The van der Waals surface area contributed by atoms with Gasteiger partial charge in [0.15, 0.2) is 0 Å². The minimum absolute atomic E-state index is 0.0467. The number of benzene rings is 1. The van der Waals surface area contributed by atoms with E-state index in [4.69, 9.17) is 0 Å². The lowest BCUT2D eigenvalue weighted by atomic mass is 9.71. The molecular formula is C20H32N2O2. The zero-order chi connectivity index (χ0) is 17.7. The summed E-state index contributed by atoms with van der Waals surface area (Å²) in [7, 11) is 4.10. The van der Waals surface area contributed by atoms with Crippen molar-refractivity contribution in [2.24, 2.45) is 5.92 Å². The highest BCUT2D eigenvalue weighted by molar-refractivity contribution is 5.94. The summed E-state index contributed by atoms with van der Waals surface area (Å²) in [5.74, 6) is 0.255. The Morgan fingerprint density at radius 3 is 2.58 bits per heavy atom. The van der Waals surface area contributed by atoms with Gasteiger partial charge < -0.3 is 14.9 Å². The molecule has 1 N–H and O–H groups in total. The highest BCUT2D eigenvalue weighted by atomic mass is 16.3. The van der Waals surface area contributed by atoms with Crippen LogP contribution in [0.3, 0.4) is 0 Å². The normalized spacial score (nSPS) is 24.2. The lowest BCUT2D eigenvalue weighted by molar-refractivity contribution is -0.0618. The molecule has 1 aliphatic carbocycles. The van der Waals surface area contributed by atoms with Crippen molar-refractivity contribution in [3.63, 3.8) is 0 Å². The van der Waals surface area contributed by atoms with Crippen LogP contribution in [-0.4, -0.2) is 54.5 Å². The summed E-state index contributed by atoms with van der Waals surface area (Å²) in [4.78, 5) is 16.6. The molecule has 0 saturated heterocycles. The Bertz CT molecular complexity index is 554. The molecule has 0 aliphatic heterocycles. The number of rotatable bonds is 6. The van der Waals surface area contributed by atoms with Gasteiger partial charge in [0, 0.05) is 31.1 Å². The fraction of sp³-hybridized carbons (Fsp3) is 0.650. The highest BCUT2D eigenvalue weighted by Crippen LogP contribution is 2.42. The molecule has 0 unspecified atom stereocenters. The topological polar surface area (TPSA) is 43.8 Å². The Hall–Kier alpha value is -1.39. The van der Waals surface area contributed by atoms with Crippen LogP contribution < -0.4 is 0 Å². The van der Waals surface area contributed by atoms with Crippen molar-refractivity contribution < 1.29 is 9.90 Å². The predicted molar refractivity (Wildman–Crippen MR) is 98.1 cm³/mol. The van der Waals surface area contributed by atoms with Crippen molar-refractivity contribution in [3.8, 4) is 0 Å². The molecule has 0 spiro atoms. The molecule has 1 saturated carbocycles. The lowest BCUT2D eigenvalue weighted by Gasteiger charge is -2.42. The molecule has 0 bridgehead atoms. The summed E-state index contributed by atoms with van der Waals surface area (Å²) in [6.07, 6.45) is 4.00. The van der Waals surface area contributed by atoms with Crippen LogP contribution in [0.1, 0.15) is 55.5 Å². The minimum atomic E-state index is -0.831. The molecule has 4 heteroatoms. The van der Waals surface area contributed by atoms with Gasteiger partial charge in [0.25, 0.3) is 5.91 Å². The van der Waals surface area contributed by atoms with Gasteiger partial charge in [0.1, 0.15) is 0 Å². The summed E-state index contributed by atoms with van der Waals surface area (Å²) >= 11 is 0. The second-order valence-electron chi connectivity index (χ2n) is 7.19.